The van der Waals surface area contributed by atoms with Gasteiger partial charge in [-0.15, -0.1) is 0 Å². The molecule has 4 aromatic carbocycles. The third-order valence-corrected chi connectivity index (χ3v) is 9.11. The van der Waals surface area contributed by atoms with Gasteiger partial charge in [0.05, 0.1) is 22.3 Å². The fraction of sp³-hybridized carbons (Fsp3) is 0.176. The van der Waals surface area contributed by atoms with E-state index < -0.39 is 175 Å². The number of esters is 4. The maximum absolute atomic E-state index is 14.1. The fourth-order valence-corrected chi connectivity index (χ4v) is 6.46. The summed E-state index contributed by atoms with van der Waals surface area (Å²) < 4.78 is 27.2. The number of cyclic esters (lactones) is 1. The van der Waals surface area contributed by atoms with Gasteiger partial charge in [0.2, 0.25) is 23.0 Å². The van der Waals surface area contributed by atoms with Crippen LogP contribution in [0.1, 0.15) is 41.4 Å². The van der Waals surface area contributed by atoms with Gasteiger partial charge in [0.1, 0.15) is 12.7 Å². The summed E-state index contributed by atoms with van der Waals surface area (Å²) in [5.41, 5.74) is -7.76. The molecule has 3 heterocycles. The standard InChI is InChI=1S/C34H24O22/c35-10-1-6-15(23(43)19(10)39)16-7(2-11(36)20(40)24(16)44)31(48)54-27-14(5-52-30(6)47)53-34(51)29-28(27)55-32(49)8-3-12(37)21(41)25(45)17(8)18-9(33(50)56-29)4-13(38)22(42)26(18)46/h1-4,14,27-29,34-46,51H,5H2/t14-,27+,28+,29+,34-/m1/s1. The smallest absolute Gasteiger partial charge is 0.339 e. The third-order valence-electron chi connectivity index (χ3n) is 9.11. The van der Waals surface area contributed by atoms with E-state index in [9.17, 15) is 85.6 Å². The van der Waals surface area contributed by atoms with E-state index in [0.29, 0.717) is 24.3 Å². The summed E-state index contributed by atoms with van der Waals surface area (Å²) in [6.45, 7) is -1.08. The van der Waals surface area contributed by atoms with Crippen LogP contribution in [-0.4, -0.2) is 128 Å². The van der Waals surface area contributed by atoms with Crippen LogP contribution in [0.25, 0.3) is 22.3 Å². The van der Waals surface area contributed by atoms with Crippen molar-refractivity contribution < 1.29 is 109 Å². The van der Waals surface area contributed by atoms with Crippen LogP contribution in [0.2, 0.25) is 0 Å². The molecule has 1 fully saturated rings. The van der Waals surface area contributed by atoms with E-state index in [1.54, 1.807) is 0 Å². The summed E-state index contributed by atoms with van der Waals surface area (Å²) in [4.78, 5) is 55.3. The number of phenols is 12. The van der Waals surface area contributed by atoms with Gasteiger partial charge in [-0.3, -0.25) is 0 Å². The number of rotatable bonds is 0. The maximum atomic E-state index is 14.1. The van der Waals surface area contributed by atoms with E-state index in [4.69, 9.17) is 23.7 Å². The van der Waals surface area contributed by atoms with E-state index >= 15 is 0 Å². The molecule has 0 unspecified atom stereocenters. The predicted octanol–water partition coefficient (Wildman–Crippen LogP) is 0.665. The van der Waals surface area contributed by atoms with Crippen LogP contribution in [0.3, 0.4) is 0 Å². The zero-order valence-electron chi connectivity index (χ0n) is 27.4. The normalized spacial score (nSPS) is 21.8. The molecule has 22 nitrogen and oxygen atoms in total. The fourth-order valence-electron chi connectivity index (χ4n) is 6.46. The molecule has 292 valence electrons. The molecule has 56 heavy (non-hydrogen) atoms. The van der Waals surface area contributed by atoms with Gasteiger partial charge in [-0.1, -0.05) is 0 Å². The lowest BCUT2D eigenvalue weighted by Gasteiger charge is -2.43. The van der Waals surface area contributed by atoms with Crippen LogP contribution in [0.15, 0.2) is 24.3 Å². The SMILES string of the molecule is O=C1OC[C@H]2O[C@@H](O)[C@H]3OC(=O)c4cc(O)c(O)c(O)c4-c4c(cc(O)c(O)c4O)C(=O)O[C@H]3[C@H]2OC(=O)c2cc(O)c(O)c(O)c2-c2c1cc(O)c(O)c2O. The molecule has 22 heteroatoms. The molecule has 0 bridgehead atoms. The Kier molecular flexibility index (Phi) is 8.31. The Balaban J connectivity index is 1.44. The molecule has 0 aliphatic carbocycles. The maximum Gasteiger partial charge on any atom is 0.339 e. The zero-order chi connectivity index (χ0) is 40.8. The molecule has 0 radical (unpaired) electrons. The summed E-state index contributed by atoms with van der Waals surface area (Å²) in [6, 6.07) is 1.96. The molecule has 0 aromatic heterocycles. The Morgan fingerprint density at radius 2 is 0.714 bits per heavy atom. The number of hydrogen-bond acceptors (Lipinski definition) is 22. The lowest BCUT2D eigenvalue weighted by Crippen LogP contribution is -2.62. The van der Waals surface area contributed by atoms with Crippen molar-refractivity contribution in [3.05, 3.63) is 46.5 Å². The molecule has 0 amide bonds. The molecular weight excluding hydrogens is 760 g/mol. The van der Waals surface area contributed by atoms with E-state index in [1.165, 1.54) is 0 Å². The second-order valence-corrected chi connectivity index (χ2v) is 12.3. The number of ether oxygens (including phenoxy) is 5. The van der Waals surface area contributed by atoms with E-state index in [1.807, 2.05) is 0 Å². The Hall–Kier alpha value is -7.72. The minimum Gasteiger partial charge on any atom is -0.504 e. The Bertz CT molecular complexity index is 2440. The largest absolute Gasteiger partial charge is 0.504 e. The average Bonchev–Trinajstić information content (AvgIpc) is 3.16. The molecule has 5 atom stereocenters. The average molecular weight is 785 g/mol. The lowest BCUT2D eigenvalue weighted by molar-refractivity contribution is -0.284. The van der Waals surface area contributed by atoms with Crippen LogP contribution in [0.4, 0.5) is 0 Å². The van der Waals surface area contributed by atoms with Gasteiger partial charge in [0, 0.05) is 22.3 Å². The van der Waals surface area contributed by atoms with E-state index in [2.05, 4.69) is 0 Å². The van der Waals surface area contributed by atoms with Crippen molar-refractivity contribution in [1.29, 1.82) is 0 Å². The monoisotopic (exact) mass is 784 g/mol. The number of carbonyl (C=O) groups excluding carboxylic acids is 4. The molecule has 0 spiro atoms. The minimum absolute atomic E-state index is 0.465. The number of hydrogen-bond donors (Lipinski definition) is 13. The second kappa shape index (κ2) is 12.7. The number of phenolic OH excluding ortho intramolecular Hbond substituents is 12. The van der Waals surface area contributed by atoms with Crippen molar-refractivity contribution in [3.8, 4) is 91.2 Å². The first-order valence-corrected chi connectivity index (χ1v) is 15.6. The number of benzene rings is 4. The van der Waals surface area contributed by atoms with Crippen molar-refractivity contribution in [2.24, 2.45) is 0 Å². The van der Waals surface area contributed by atoms with Crippen LogP contribution < -0.4 is 0 Å². The van der Waals surface area contributed by atoms with Crippen LogP contribution >= 0.6 is 0 Å². The van der Waals surface area contributed by atoms with E-state index in [-0.39, 0.29) is 0 Å². The molecular formula is C34H24O22. The Morgan fingerprint density at radius 3 is 1.07 bits per heavy atom. The van der Waals surface area contributed by atoms with Gasteiger partial charge in [-0.25, -0.2) is 19.2 Å². The summed E-state index contributed by atoms with van der Waals surface area (Å²) in [7, 11) is 0. The highest BCUT2D eigenvalue weighted by molar-refractivity contribution is 6.10. The Labute approximate surface area is 308 Å². The van der Waals surface area contributed by atoms with Gasteiger partial charge >= 0.3 is 23.9 Å². The second-order valence-electron chi connectivity index (χ2n) is 12.3. The summed E-state index contributed by atoms with van der Waals surface area (Å²) in [5, 5.41) is 137. The van der Waals surface area contributed by atoms with Crippen molar-refractivity contribution in [3.63, 3.8) is 0 Å². The van der Waals surface area contributed by atoms with E-state index in [0.717, 1.165) is 0 Å². The number of aliphatic hydroxyl groups excluding tert-OH is 1. The van der Waals surface area contributed by atoms with Gasteiger partial charge in [-0.2, -0.15) is 0 Å². The van der Waals surface area contributed by atoms with Crippen molar-refractivity contribution in [2.45, 2.75) is 30.7 Å². The topological polar surface area (TPSA) is 377 Å². The molecule has 7 rings (SSSR count). The number of fused-ring (bicyclic) bond motifs is 9. The first-order valence-electron chi connectivity index (χ1n) is 15.6. The van der Waals surface area contributed by atoms with Crippen molar-refractivity contribution >= 4 is 23.9 Å². The summed E-state index contributed by atoms with van der Waals surface area (Å²) in [6.07, 6.45) is -11.1. The van der Waals surface area contributed by atoms with Gasteiger partial charge in [-0.05, 0) is 24.3 Å². The summed E-state index contributed by atoms with van der Waals surface area (Å²) >= 11 is 0. The number of aromatic hydroxyl groups is 12. The molecule has 13 N–H and O–H groups in total. The highest BCUT2D eigenvalue weighted by Crippen LogP contribution is 2.55. The third kappa shape index (κ3) is 5.34. The lowest BCUT2D eigenvalue weighted by atomic mass is 9.91. The molecule has 0 saturated carbocycles. The molecule has 3 aliphatic rings. The van der Waals surface area contributed by atoms with Gasteiger partial charge in [0.15, 0.2) is 70.6 Å². The first kappa shape index (κ1) is 36.6. The van der Waals surface area contributed by atoms with Gasteiger partial charge in [0.25, 0.3) is 0 Å². The summed E-state index contributed by atoms with van der Waals surface area (Å²) in [5.74, 6) is -21.9. The van der Waals surface area contributed by atoms with Crippen LogP contribution in [-0.2, 0) is 23.7 Å². The molecule has 3 aliphatic heterocycles. The molecule has 1 saturated heterocycles. The highest BCUT2D eigenvalue weighted by Gasteiger charge is 2.54. The first-order chi connectivity index (χ1) is 26.3. The van der Waals surface area contributed by atoms with Crippen LogP contribution in [0.5, 0.6) is 69.0 Å². The minimum atomic E-state index is -2.40. The zero-order valence-corrected chi connectivity index (χ0v) is 27.4. The van der Waals surface area contributed by atoms with Crippen molar-refractivity contribution in [1.82, 2.24) is 0 Å². The highest BCUT2D eigenvalue weighted by atomic mass is 16.7. The Morgan fingerprint density at radius 1 is 0.411 bits per heavy atom. The van der Waals surface area contributed by atoms with Crippen LogP contribution in [0, 0.1) is 0 Å². The number of carbonyl (C=O) groups is 4. The number of aliphatic hydroxyl groups is 1. The molecule has 4 aromatic rings. The predicted molar refractivity (Wildman–Crippen MR) is 173 cm³/mol. The quantitative estimate of drug-likeness (QED) is 0.0661. The van der Waals surface area contributed by atoms with Crippen molar-refractivity contribution in [2.75, 3.05) is 6.61 Å². The van der Waals surface area contributed by atoms with Gasteiger partial charge < -0.3 is 90.1 Å².